The number of carbonyl (C=O) groups is 1. The van der Waals surface area contributed by atoms with Crippen LogP contribution in [0, 0.1) is 0 Å². The Morgan fingerprint density at radius 3 is 2.59 bits per heavy atom. The van der Waals surface area contributed by atoms with Crippen LogP contribution in [0.3, 0.4) is 0 Å². The third kappa shape index (κ3) is 6.03. The third-order valence-corrected chi connectivity index (χ3v) is 3.94. The monoisotopic (exact) mass is 306 g/mol. The predicted octanol–water partition coefficient (Wildman–Crippen LogP) is 2.16. The van der Waals surface area contributed by atoms with Crippen LogP contribution in [0.4, 0.5) is 0 Å². The molecule has 1 aromatic rings. The van der Waals surface area contributed by atoms with Gasteiger partial charge in [-0.1, -0.05) is 18.6 Å². The van der Waals surface area contributed by atoms with E-state index in [9.17, 15) is 4.79 Å². The fraction of sp³-hybridized carbons (Fsp3) is 0.588. The van der Waals surface area contributed by atoms with E-state index in [4.69, 9.17) is 9.57 Å². The average Bonchev–Trinajstić information content (AvgIpc) is 2.58. The van der Waals surface area contributed by atoms with Gasteiger partial charge in [-0.05, 0) is 50.0 Å². The molecule has 1 amide bonds. The van der Waals surface area contributed by atoms with Crippen molar-refractivity contribution >= 4 is 5.91 Å². The number of hydroxylamine groups is 1. The minimum atomic E-state index is -0.0746. The molecule has 22 heavy (non-hydrogen) atoms. The minimum Gasteiger partial charge on any atom is -0.497 e. The average molecular weight is 306 g/mol. The highest BCUT2D eigenvalue weighted by Gasteiger charge is 2.09. The smallest absolute Gasteiger partial charge is 0.243 e. The van der Waals surface area contributed by atoms with Crippen LogP contribution in [-0.4, -0.2) is 44.2 Å². The number of rotatable bonds is 8. The SMILES string of the molecule is COc1ccc(CCC(=O)NOCCN2CCCCC2)cc1. The van der Waals surface area contributed by atoms with Crippen molar-refractivity contribution in [1.29, 1.82) is 0 Å². The van der Waals surface area contributed by atoms with Crippen LogP contribution < -0.4 is 10.2 Å². The van der Waals surface area contributed by atoms with Crippen molar-refractivity contribution in [2.24, 2.45) is 0 Å². The fourth-order valence-electron chi connectivity index (χ4n) is 2.59. The zero-order chi connectivity index (χ0) is 15.6. The highest BCUT2D eigenvalue weighted by Crippen LogP contribution is 2.12. The largest absolute Gasteiger partial charge is 0.497 e. The molecular weight excluding hydrogens is 280 g/mol. The molecule has 0 atom stereocenters. The Morgan fingerprint density at radius 1 is 1.18 bits per heavy atom. The second-order valence-electron chi connectivity index (χ2n) is 5.62. The molecule has 5 heteroatoms. The molecular formula is C17H26N2O3. The molecule has 1 aliphatic rings. The van der Waals surface area contributed by atoms with E-state index in [-0.39, 0.29) is 5.91 Å². The molecule has 1 N–H and O–H groups in total. The van der Waals surface area contributed by atoms with Gasteiger partial charge in [0.2, 0.25) is 5.91 Å². The number of likely N-dealkylation sites (tertiary alicyclic amines) is 1. The summed E-state index contributed by atoms with van der Waals surface area (Å²) in [6.45, 7) is 3.73. The Morgan fingerprint density at radius 2 is 1.91 bits per heavy atom. The van der Waals surface area contributed by atoms with Gasteiger partial charge in [0, 0.05) is 13.0 Å². The van der Waals surface area contributed by atoms with Gasteiger partial charge in [-0.2, -0.15) is 0 Å². The maximum absolute atomic E-state index is 11.7. The third-order valence-electron chi connectivity index (χ3n) is 3.94. The number of carbonyl (C=O) groups excluding carboxylic acids is 1. The van der Waals surface area contributed by atoms with Crippen molar-refractivity contribution < 1.29 is 14.4 Å². The van der Waals surface area contributed by atoms with Gasteiger partial charge in [0.05, 0.1) is 13.7 Å². The Labute approximate surface area is 132 Å². The van der Waals surface area contributed by atoms with Crippen molar-refractivity contribution in [3.63, 3.8) is 0 Å². The first-order chi connectivity index (χ1) is 10.8. The second-order valence-corrected chi connectivity index (χ2v) is 5.62. The number of piperidine rings is 1. The molecule has 0 radical (unpaired) electrons. The van der Waals surface area contributed by atoms with Gasteiger partial charge in [-0.15, -0.1) is 0 Å². The quantitative estimate of drug-likeness (QED) is 0.591. The van der Waals surface area contributed by atoms with Crippen molar-refractivity contribution in [2.75, 3.05) is 33.4 Å². The summed E-state index contributed by atoms with van der Waals surface area (Å²) in [5.74, 6) is 0.753. The molecule has 0 spiro atoms. The number of hydrogen-bond donors (Lipinski definition) is 1. The first-order valence-electron chi connectivity index (χ1n) is 8.04. The number of hydrogen-bond acceptors (Lipinski definition) is 4. The van der Waals surface area contributed by atoms with Crippen LogP contribution in [0.1, 0.15) is 31.2 Å². The van der Waals surface area contributed by atoms with Crippen molar-refractivity contribution in [1.82, 2.24) is 10.4 Å². The lowest BCUT2D eigenvalue weighted by molar-refractivity contribution is -0.133. The van der Waals surface area contributed by atoms with Crippen LogP contribution in [-0.2, 0) is 16.1 Å². The molecule has 122 valence electrons. The lowest BCUT2D eigenvalue weighted by Crippen LogP contribution is -2.35. The molecule has 5 nitrogen and oxygen atoms in total. The van der Waals surface area contributed by atoms with Gasteiger partial charge in [-0.25, -0.2) is 5.48 Å². The van der Waals surface area contributed by atoms with E-state index < -0.39 is 0 Å². The van der Waals surface area contributed by atoms with Crippen molar-refractivity contribution in [3.05, 3.63) is 29.8 Å². The lowest BCUT2D eigenvalue weighted by Gasteiger charge is -2.25. The van der Waals surface area contributed by atoms with Crippen molar-refractivity contribution in [3.8, 4) is 5.75 Å². The van der Waals surface area contributed by atoms with Crippen LogP contribution in [0.5, 0.6) is 5.75 Å². The molecule has 0 saturated carbocycles. The Balaban J connectivity index is 1.55. The van der Waals surface area contributed by atoms with Crippen LogP contribution in [0.15, 0.2) is 24.3 Å². The van der Waals surface area contributed by atoms with Gasteiger partial charge < -0.3 is 9.64 Å². The van der Waals surface area contributed by atoms with E-state index in [1.807, 2.05) is 24.3 Å². The highest BCUT2D eigenvalue weighted by atomic mass is 16.6. The van der Waals surface area contributed by atoms with Crippen molar-refractivity contribution in [2.45, 2.75) is 32.1 Å². The zero-order valence-corrected chi connectivity index (χ0v) is 13.3. The minimum absolute atomic E-state index is 0.0746. The normalized spacial score (nSPS) is 15.5. The summed E-state index contributed by atoms with van der Waals surface area (Å²) in [5.41, 5.74) is 3.64. The van der Waals surface area contributed by atoms with Crippen LogP contribution in [0.2, 0.25) is 0 Å². The lowest BCUT2D eigenvalue weighted by atomic mass is 10.1. The topological polar surface area (TPSA) is 50.8 Å². The molecule has 1 aliphatic heterocycles. The number of benzene rings is 1. The summed E-state index contributed by atoms with van der Waals surface area (Å²) in [5, 5.41) is 0. The highest BCUT2D eigenvalue weighted by molar-refractivity contribution is 5.75. The molecule has 1 heterocycles. The molecule has 1 fully saturated rings. The Hall–Kier alpha value is -1.59. The number of amides is 1. The van der Waals surface area contributed by atoms with Crippen LogP contribution in [0.25, 0.3) is 0 Å². The van der Waals surface area contributed by atoms with E-state index >= 15 is 0 Å². The number of nitrogens with zero attached hydrogens (tertiary/aromatic N) is 1. The van der Waals surface area contributed by atoms with E-state index in [0.717, 1.165) is 30.9 Å². The van der Waals surface area contributed by atoms with E-state index in [0.29, 0.717) is 19.4 Å². The van der Waals surface area contributed by atoms with Crippen LogP contribution >= 0.6 is 0 Å². The summed E-state index contributed by atoms with van der Waals surface area (Å²) in [6.07, 6.45) is 5.00. The maximum atomic E-state index is 11.7. The number of aryl methyl sites for hydroxylation is 1. The number of methoxy groups -OCH3 is 1. The van der Waals surface area contributed by atoms with E-state index in [2.05, 4.69) is 10.4 Å². The molecule has 0 bridgehead atoms. The number of ether oxygens (including phenoxy) is 1. The first kappa shape index (κ1) is 16.8. The van der Waals surface area contributed by atoms with Gasteiger partial charge >= 0.3 is 0 Å². The summed E-state index contributed by atoms with van der Waals surface area (Å²) < 4.78 is 5.11. The molecule has 0 aliphatic carbocycles. The summed E-state index contributed by atoms with van der Waals surface area (Å²) >= 11 is 0. The van der Waals surface area contributed by atoms with E-state index in [1.54, 1.807) is 7.11 Å². The predicted molar refractivity (Wildman–Crippen MR) is 85.7 cm³/mol. The Bertz CT molecular complexity index is 442. The molecule has 0 aromatic heterocycles. The summed E-state index contributed by atoms with van der Waals surface area (Å²) in [6, 6.07) is 7.76. The zero-order valence-electron chi connectivity index (χ0n) is 13.3. The molecule has 1 aromatic carbocycles. The van der Waals surface area contributed by atoms with Gasteiger partial charge in [0.15, 0.2) is 0 Å². The second kappa shape index (κ2) is 9.43. The molecule has 2 rings (SSSR count). The first-order valence-corrected chi connectivity index (χ1v) is 8.04. The summed E-state index contributed by atoms with van der Waals surface area (Å²) in [7, 11) is 1.64. The Kier molecular flexibility index (Phi) is 7.19. The van der Waals surface area contributed by atoms with Gasteiger partial charge in [-0.3, -0.25) is 9.63 Å². The summed E-state index contributed by atoms with van der Waals surface area (Å²) in [4.78, 5) is 19.4. The fourth-order valence-corrected chi connectivity index (χ4v) is 2.59. The maximum Gasteiger partial charge on any atom is 0.243 e. The van der Waals surface area contributed by atoms with Gasteiger partial charge in [0.25, 0.3) is 0 Å². The molecule has 0 unspecified atom stereocenters. The number of nitrogens with one attached hydrogen (secondary N) is 1. The van der Waals surface area contributed by atoms with Gasteiger partial charge in [0.1, 0.15) is 5.75 Å². The van der Waals surface area contributed by atoms with E-state index in [1.165, 1.54) is 19.3 Å². The standard InChI is InChI=1S/C17H26N2O3/c1-21-16-8-5-15(6-9-16)7-10-17(20)18-22-14-13-19-11-3-2-4-12-19/h5-6,8-9H,2-4,7,10-14H2,1H3,(H,18,20). The molecule has 1 saturated heterocycles.